The molecule has 26 heavy (non-hydrogen) atoms. The molecule has 9 heteroatoms. The van der Waals surface area contributed by atoms with Crippen LogP contribution in [0.3, 0.4) is 0 Å². The Hall–Kier alpha value is -1.77. The summed E-state index contributed by atoms with van der Waals surface area (Å²) in [5, 5.41) is 0.274. The number of sulfonamides is 1. The minimum Gasteiger partial charge on any atom is -0.492 e. The average molecular weight is 418 g/mol. The van der Waals surface area contributed by atoms with Gasteiger partial charge in [0.2, 0.25) is 0 Å². The van der Waals surface area contributed by atoms with E-state index >= 15 is 0 Å². The number of benzene rings is 2. The molecule has 0 fully saturated rings. The maximum absolute atomic E-state index is 12.5. The molecule has 0 aliphatic carbocycles. The summed E-state index contributed by atoms with van der Waals surface area (Å²) in [4.78, 5) is -0.229. The Balaban J connectivity index is 2.26. The van der Waals surface area contributed by atoms with Gasteiger partial charge in [-0.2, -0.15) is 0 Å². The van der Waals surface area contributed by atoms with Gasteiger partial charge in [0.1, 0.15) is 5.75 Å². The maximum atomic E-state index is 12.5. The van der Waals surface area contributed by atoms with E-state index in [4.69, 9.17) is 16.3 Å². The van der Waals surface area contributed by atoms with Crippen LogP contribution < -0.4 is 9.46 Å². The molecule has 0 spiro atoms. The van der Waals surface area contributed by atoms with E-state index in [9.17, 15) is 16.8 Å². The van der Waals surface area contributed by atoms with Crippen LogP contribution in [-0.4, -0.2) is 29.7 Å². The fourth-order valence-electron chi connectivity index (χ4n) is 2.02. The molecule has 0 aliphatic heterocycles. The normalized spacial score (nSPS) is 12.2. The van der Waals surface area contributed by atoms with Gasteiger partial charge < -0.3 is 4.74 Å². The molecule has 2 aromatic carbocycles. The summed E-state index contributed by atoms with van der Waals surface area (Å²) in [6.45, 7) is 4.49. The van der Waals surface area contributed by atoms with Crippen LogP contribution in [0, 0.1) is 5.92 Å². The molecule has 2 aromatic rings. The highest BCUT2D eigenvalue weighted by Crippen LogP contribution is 2.29. The van der Waals surface area contributed by atoms with Crippen molar-refractivity contribution < 1.29 is 21.6 Å². The lowest BCUT2D eigenvalue weighted by Crippen LogP contribution is -2.13. The van der Waals surface area contributed by atoms with Crippen molar-refractivity contribution in [3.05, 3.63) is 47.5 Å². The molecule has 0 saturated heterocycles. The van der Waals surface area contributed by atoms with Crippen LogP contribution in [-0.2, 0) is 19.9 Å². The predicted molar refractivity (Wildman–Crippen MR) is 102 cm³/mol. The van der Waals surface area contributed by atoms with Crippen molar-refractivity contribution in [1.82, 2.24) is 0 Å². The van der Waals surface area contributed by atoms with E-state index in [0.717, 1.165) is 12.3 Å². The molecule has 0 radical (unpaired) electrons. The Kier molecular flexibility index (Phi) is 6.21. The van der Waals surface area contributed by atoms with Gasteiger partial charge in [0.15, 0.2) is 9.84 Å². The second-order valence-corrected chi connectivity index (χ2v) is 10.3. The molecule has 0 bridgehead atoms. The molecular formula is C17H20ClNO5S2. The molecule has 2 rings (SSSR count). The first-order valence-corrected chi connectivity index (χ1v) is 11.5. The topological polar surface area (TPSA) is 89.5 Å². The Morgan fingerprint density at radius 1 is 1.04 bits per heavy atom. The number of anilines is 1. The van der Waals surface area contributed by atoms with Crippen molar-refractivity contribution in [2.24, 2.45) is 5.92 Å². The molecule has 1 N–H and O–H groups in total. The quantitative estimate of drug-likeness (QED) is 0.743. The van der Waals surface area contributed by atoms with Gasteiger partial charge in [-0.05, 0) is 42.3 Å². The van der Waals surface area contributed by atoms with Crippen molar-refractivity contribution >= 4 is 37.1 Å². The van der Waals surface area contributed by atoms with Crippen molar-refractivity contribution in [2.75, 3.05) is 17.6 Å². The third-order valence-electron chi connectivity index (χ3n) is 3.30. The number of hydrogen-bond acceptors (Lipinski definition) is 5. The van der Waals surface area contributed by atoms with Crippen LogP contribution in [0.2, 0.25) is 5.02 Å². The summed E-state index contributed by atoms with van der Waals surface area (Å²) in [6.07, 6.45) is 1.02. The molecule has 0 aliphatic rings. The zero-order valence-electron chi connectivity index (χ0n) is 14.6. The number of hydrogen-bond donors (Lipinski definition) is 1. The highest BCUT2D eigenvalue weighted by atomic mass is 35.5. The molecule has 0 aromatic heterocycles. The van der Waals surface area contributed by atoms with E-state index in [1.54, 1.807) is 6.07 Å². The monoisotopic (exact) mass is 417 g/mol. The van der Waals surface area contributed by atoms with Gasteiger partial charge in [-0.15, -0.1) is 0 Å². The minimum absolute atomic E-state index is 0.0733. The van der Waals surface area contributed by atoms with Crippen molar-refractivity contribution in [1.29, 1.82) is 0 Å². The van der Waals surface area contributed by atoms with Crippen molar-refractivity contribution in [2.45, 2.75) is 23.6 Å². The molecule has 142 valence electrons. The lowest BCUT2D eigenvalue weighted by Gasteiger charge is -2.13. The Morgan fingerprint density at radius 2 is 1.69 bits per heavy atom. The second kappa shape index (κ2) is 7.85. The number of nitrogens with one attached hydrogen (secondary N) is 1. The lowest BCUT2D eigenvalue weighted by molar-refractivity contribution is 0.271. The molecule has 0 amide bonds. The smallest absolute Gasteiger partial charge is 0.261 e. The first kappa shape index (κ1) is 20.5. The summed E-state index contributed by atoms with van der Waals surface area (Å²) in [5.74, 6) is 0.786. The van der Waals surface area contributed by atoms with Gasteiger partial charge in [-0.3, -0.25) is 4.72 Å². The second-order valence-electron chi connectivity index (χ2n) is 6.20. The zero-order valence-corrected chi connectivity index (χ0v) is 17.0. The number of halogens is 1. The van der Waals surface area contributed by atoms with Crippen LogP contribution in [0.5, 0.6) is 5.75 Å². The largest absolute Gasteiger partial charge is 0.492 e. The van der Waals surface area contributed by atoms with Crippen molar-refractivity contribution in [3.63, 3.8) is 0 Å². The van der Waals surface area contributed by atoms with Gasteiger partial charge in [-0.1, -0.05) is 31.5 Å². The fourth-order valence-corrected chi connectivity index (χ4v) is 4.10. The lowest BCUT2D eigenvalue weighted by atomic mass is 10.2. The van der Waals surface area contributed by atoms with Crippen LogP contribution in [0.15, 0.2) is 52.3 Å². The standard InChI is InChI=1S/C17H20ClNO5S2/c1-12(2)11-24-17-8-7-13(9-16(17)18)19-26(22,23)15-6-4-5-14(10-15)25(3,20)21/h4-10,12,19H,11H2,1-3H3. The summed E-state index contributed by atoms with van der Waals surface area (Å²) in [5.41, 5.74) is 0.247. The number of sulfone groups is 1. The van der Waals surface area contributed by atoms with Crippen LogP contribution in [0.25, 0.3) is 0 Å². The van der Waals surface area contributed by atoms with Crippen molar-refractivity contribution in [3.8, 4) is 5.75 Å². The van der Waals surface area contributed by atoms with Crippen LogP contribution >= 0.6 is 11.6 Å². The van der Waals surface area contributed by atoms with E-state index < -0.39 is 19.9 Å². The predicted octanol–water partition coefficient (Wildman–Crippen LogP) is 3.58. The number of ether oxygens (including phenoxy) is 1. The molecular weight excluding hydrogens is 398 g/mol. The van der Waals surface area contributed by atoms with Gasteiger partial charge in [0, 0.05) is 6.26 Å². The third-order valence-corrected chi connectivity index (χ3v) is 6.08. The van der Waals surface area contributed by atoms with E-state index in [1.165, 1.54) is 30.3 Å². The van der Waals surface area contributed by atoms with E-state index in [2.05, 4.69) is 4.72 Å². The average Bonchev–Trinajstić information content (AvgIpc) is 2.53. The molecule has 0 atom stereocenters. The molecule has 6 nitrogen and oxygen atoms in total. The SMILES string of the molecule is CC(C)COc1ccc(NS(=O)(=O)c2cccc(S(C)(=O)=O)c2)cc1Cl. The van der Waals surface area contributed by atoms with Gasteiger partial charge in [-0.25, -0.2) is 16.8 Å². The highest BCUT2D eigenvalue weighted by Gasteiger charge is 2.18. The van der Waals surface area contributed by atoms with Gasteiger partial charge in [0.25, 0.3) is 10.0 Å². The third kappa shape index (κ3) is 5.36. The Labute approximate surface area is 159 Å². The minimum atomic E-state index is -3.97. The summed E-state index contributed by atoms with van der Waals surface area (Å²) < 4.78 is 56.2. The zero-order chi connectivity index (χ0) is 19.5. The first-order chi connectivity index (χ1) is 12.0. The number of rotatable bonds is 7. The van der Waals surface area contributed by atoms with Gasteiger partial charge in [0.05, 0.1) is 27.1 Å². The maximum Gasteiger partial charge on any atom is 0.261 e. The Bertz CT molecular complexity index is 1000. The molecule has 0 heterocycles. The Morgan fingerprint density at radius 3 is 2.27 bits per heavy atom. The summed E-state index contributed by atoms with van der Waals surface area (Å²) in [7, 11) is -7.48. The first-order valence-electron chi connectivity index (χ1n) is 7.74. The molecule has 0 unspecified atom stereocenters. The van der Waals surface area contributed by atoms with Crippen LogP contribution in [0.1, 0.15) is 13.8 Å². The van der Waals surface area contributed by atoms with E-state index in [1.807, 2.05) is 13.8 Å². The highest BCUT2D eigenvalue weighted by molar-refractivity contribution is 7.93. The van der Waals surface area contributed by atoms with Crippen LogP contribution in [0.4, 0.5) is 5.69 Å². The summed E-state index contributed by atoms with van der Waals surface area (Å²) >= 11 is 6.13. The van der Waals surface area contributed by atoms with Gasteiger partial charge >= 0.3 is 0 Å². The summed E-state index contributed by atoms with van der Waals surface area (Å²) in [6, 6.07) is 9.69. The molecule has 0 saturated carbocycles. The van der Waals surface area contributed by atoms with E-state index in [0.29, 0.717) is 18.3 Å². The van der Waals surface area contributed by atoms with E-state index in [-0.39, 0.29) is 20.5 Å². The fraction of sp³-hybridized carbons (Fsp3) is 0.294.